The summed E-state index contributed by atoms with van der Waals surface area (Å²) in [5, 5.41) is 13.2. The van der Waals surface area contributed by atoms with Gasteiger partial charge in [-0.05, 0) is 48.9 Å². The number of hydrogen-bond acceptors (Lipinski definition) is 6. The molecule has 152 valence electrons. The lowest BCUT2D eigenvalue weighted by atomic mass is 10.1. The molecule has 1 aliphatic rings. The Hall–Kier alpha value is -3.94. The van der Waals surface area contributed by atoms with Crippen molar-refractivity contribution in [1.29, 1.82) is 0 Å². The van der Waals surface area contributed by atoms with Gasteiger partial charge in [-0.1, -0.05) is 0 Å². The van der Waals surface area contributed by atoms with Crippen LogP contribution >= 0.6 is 0 Å². The average Bonchev–Trinajstić information content (AvgIpc) is 3.34. The summed E-state index contributed by atoms with van der Waals surface area (Å²) in [5.41, 5.74) is 3.47. The summed E-state index contributed by atoms with van der Waals surface area (Å²) in [7, 11) is 1.37. The molecule has 0 aliphatic carbocycles. The Balaban J connectivity index is 1.68. The highest BCUT2D eigenvalue weighted by Gasteiger charge is 2.20. The molecule has 3 heterocycles. The fourth-order valence-electron chi connectivity index (χ4n) is 3.44. The van der Waals surface area contributed by atoms with Crippen molar-refractivity contribution in [3.05, 3.63) is 60.0 Å². The number of nitrogens with one attached hydrogen (secondary N) is 1. The van der Waals surface area contributed by atoms with E-state index < -0.39 is 11.6 Å². The number of ether oxygens (including phenoxy) is 3. The van der Waals surface area contributed by atoms with Crippen LogP contribution in [0.3, 0.4) is 0 Å². The van der Waals surface area contributed by atoms with Crippen LogP contribution in [0.2, 0.25) is 0 Å². The van der Waals surface area contributed by atoms with Gasteiger partial charge in [-0.25, -0.2) is 9.37 Å². The van der Waals surface area contributed by atoms with Crippen LogP contribution < -0.4 is 19.5 Å². The second-order valence-electron chi connectivity index (χ2n) is 6.94. The van der Waals surface area contributed by atoms with E-state index in [9.17, 15) is 9.50 Å². The first-order valence-corrected chi connectivity index (χ1v) is 9.26. The lowest BCUT2D eigenvalue weighted by Crippen LogP contribution is -1.98. The number of benzene rings is 2. The van der Waals surface area contributed by atoms with Crippen LogP contribution in [0.25, 0.3) is 16.9 Å². The summed E-state index contributed by atoms with van der Waals surface area (Å²) in [4.78, 5) is 4.70. The standard InChI is InChI=1S/C22H18FN3O4/c1-12-5-6-26-19(7-12)25-20(13-8-15(23)21(27)18(9-13)28-2)22(26)24-14-3-4-16-17(10-14)30-11-29-16/h3-10,24,27H,11H2,1-2H3. The number of aromatic nitrogens is 2. The first-order valence-electron chi connectivity index (χ1n) is 9.26. The lowest BCUT2D eigenvalue weighted by molar-refractivity contribution is 0.174. The Bertz CT molecular complexity index is 1290. The van der Waals surface area contributed by atoms with Crippen molar-refractivity contribution in [2.75, 3.05) is 19.2 Å². The monoisotopic (exact) mass is 407 g/mol. The second-order valence-corrected chi connectivity index (χ2v) is 6.94. The predicted octanol–water partition coefficient (Wildman–Crippen LogP) is 4.64. The van der Waals surface area contributed by atoms with E-state index >= 15 is 0 Å². The average molecular weight is 407 g/mol. The van der Waals surface area contributed by atoms with Crippen molar-refractivity contribution < 1.29 is 23.7 Å². The van der Waals surface area contributed by atoms with Crippen LogP contribution in [0, 0.1) is 12.7 Å². The number of imidazole rings is 1. The Kier molecular flexibility index (Phi) is 4.13. The quantitative estimate of drug-likeness (QED) is 0.513. The van der Waals surface area contributed by atoms with Crippen LogP contribution in [0.4, 0.5) is 15.9 Å². The van der Waals surface area contributed by atoms with Crippen LogP contribution in [0.1, 0.15) is 5.56 Å². The van der Waals surface area contributed by atoms with E-state index in [1.54, 1.807) is 6.07 Å². The number of fused-ring (bicyclic) bond motifs is 2. The molecular formula is C22H18FN3O4. The highest BCUT2D eigenvalue weighted by molar-refractivity contribution is 5.81. The highest BCUT2D eigenvalue weighted by atomic mass is 19.1. The zero-order valence-electron chi connectivity index (χ0n) is 16.3. The molecule has 0 fully saturated rings. The molecule has 7 nitrogen and oxygen atoms in total. The number of anilines is 2. The van der Waals surface area contributed by atoms with Gasteiger partial charge in [-0.3, -0.25) is 4.40 Å². The predicted molar refractivity (Wildman–Crippen MR) is 109 cm³/mol. The zero-order chi connectivity index (χ0) is 20.8. The van der Waals surface area contributed by atoms with E-state index in [1.165, 1.54) is 13.2 Å². The van der Waals surface area contributed by atoms with Gasteiger partial charge in [-0.2, -0.15) is 0 Å². The summed E-state index contributed by atoms with van der Waals surface area (Å²) in [5.74, 6) is 0.671. The number of methoxy groups -OCH3 is 1. The molecule has 4 aromatic rings. The van der Waals surface area contributed by atoms with Crippen LogP contribution in [0.15, 0.2) is 48.7 Å². The van der Waals surface area contributed by atoms with Crippen molar-refractivity contribution >= 4 is 17.2 Å². The third-order valence-corrected chi connectivity index (χ3v) is 4.94. The number of nitrogens with zero attached hydrogens (tertiary/aromatic N) is 2. The number of pyridine rings is 1. The van der Waals surface area contributed by atoms with E-state index in [0.29, 0.717) is 34.2 Å². The summed E-state index contributed by atoms with van der Waals surface area (Å²) in [6.07, 6.45) is 1.89. The number of rotatable bonds is 4. The largest absolute Gasteiger partial charge is 0.502 e. The molecule has 0 amide bonds. The molecule has 0 saturated carbocycles. The molecule has 2 aromatic carbocycles. The van der Waals surface area contributed by atoms with E-state index in [1.807, 2.05) is 47.9 Å². The van der Waals surface area contributed by atoms with Crippen molar-refractivity contribution in [3.8, 4) is 34.3 Å². The smallest absolute Gasteiger partial charge is 0.231 e. The first-order chi connectivity index (χ1) is 14.5. The first kappa shape index (κ1) is 18.1. The zero-order valence-corrected chi connectivity index (χ0v) is 16.3. The maximum Gasteiger partial charge on any atom is 0.231 e. The van der Waals surface area contributed by atoms with E-state index in [2.05, 4.69) is 5.32 Å². The molecule has 0 spiro atoms. The summed E-state index contributed by atoms with van der Waals surface area (Å²) < 4.78 is 32.1. The van der Waals surface area contributed by atoms with Gasteiger partial charge in [0.15, 0.2) is 28.8 Å². The maximum atomic E-state index is 14.3. The fourth-order valence-corrected chi connectivity index (χ4v) is 3.44. The highest BCUT2D eigenvalue weighted by Crippen LogP contribution is 2.39. The third kappa shape index (κ3) is 2.93. The van der Waals surface area contributed by atoms with Gasteiger partial charge >= 0.3 is 0 Å². The van der Waals surface area contributed by atoms with E-state index in [0.717, 1.165) is 11.3 Å². The Labute approximate surface area is 171 Å². The van der Waals surface area contributed by atoms with Gasteiger partial charge in [-0.15, -0.1) is 0 Å². The SMILES string of the molecule is COc1cc(-c2nc3cc(C)ccn3c2Nc2ccc3c(c2)OCO3)cc(F)c1O. The summed E-state index contributed by atoms with van der Waals surface area (Å²) in [6.45, 7) is 2.16. The molecule has 0 atom stereocenters. The minimum absolute atomic E-state index is 0.0345. The van der Waals surface area contributed by atoms with Crippen molar-refractivity contribution in [2.45, 2.75) is 6.92 Å². The molecule has 0 saturated heterocycles. The maximum absolute atomic E-state index is 14.3. The summed E-state index contributed by atoms with van der Waals surface area (Å²) in [6, 6.07) is 12.2. The van der Waals surface area contributed by atoms with Gasteiger partial charge < -0.3 is 24.6 Å². The number of phenols is 1. The van der Waals surface area contributed by atoms with E-state index in [4.69, 9.17) is 19.2 Å². The molecule has 0 radical (unpaired) electrons. The van der Waals surface area contributed by atoms with Crippen LogP contribution in [0.5, 0.6) is 23.0 Å². The fraction of sp³-hybridized carbons (Fsp3) is 0.136. The minimum atomic E-state index is -0.786. The Morgan fingerprint density at radius 1 is 1.13 bits per heavy atom. The second kappa shape index (κ2) is 6.84. The van der Waals surface area contributed by atoms with Crippen LogP contribution in [-0.2, 0) is 0 Å². The van der Waals surface area contributed by atoms with Gasteiger partial charge in [0.2, 0.25) is 6.79 Å². The molecular weight excluding hydrogens is 389 g/mol. The van der Waals surface area contributed by atoms with Crippen LogP contribution in [-0.4, -0.2) is 28.4 Å². The van der Waals surface area contributed by atoms with E-state index in [-0.39, 0.29) is 12.5 Å². The molecule has 5 rings (SSSR count). The normalized spacial score (nSPS) is 12.4. The molecule has 2 N–H and O–H groups in total. The van der Waals surface area contributed by atoms with Crippen molar-refractivity contribution in [2.24, 2.45) is 0 Å². The molecule has 0 bridgehead atoms. The summed E-state index contributed by atoms with van der Waals surface area (Å²) >= 11 is 0. The van der Waals surface area contributed by atoms with Crippen molar-refractivity contribution in [1.82, 2.24) is 9.38 Å². The topological polar surface area (TPSA) is 77.3 Å². The number of halogens is 1. The van der Waals surface area contributed by atoms with Crippen molar-refractivity contribution in [3.63, 3.8) is 0 Å². The third-order valence-electron chi connectivity index (χ3n) is 4.94. The molecule has 1 aliphatic heterocycles. The van der Waals surface area contributed by atoms with Gasteiger partial charge in [0.1, 0.15) is 17.2 Å². The van der Waals surface area contributed by atoms with Gasteiger partial charge in [0.05, 0.1) is 7.11 Å². The number of aryl methyl sites for hydroxylation is 1. The van der Waals surface area contributed by atoms with Gasteiger partial charge in [0.25, 0.3) is 0 Å². The number of hydrogen-bond donors (Lipinski definition) is 2. The Morgan fingerprint density at radius 2 is 1.97 bits per heavy atom. The molecule has 30 heavy (non-hydrogen) atoms. The van der Waals surface area contributed by atoms with Gasteiger partial charge in [0, 0.05) is 23.5 Å². The molecule has 0 unspecified atom stereocenters. The number of phenolic OH excluding ortho intramolecular Hbond substituents is 1. The lowest BCUT2D eigenvalue weighted by Gasteiger charge is -2.11. The Morgan fingerprint density at radius 3 is 2.80 bits per heavy atom. The minimum Gasteiger partial charge on any atom is -0.502 e. The molecule has 8 heteroatoms. The molecule has 2 aromatic heterocycles. The number of aromatic hydroxyl groups is 1.